The van der Waals surface area contributed by atoms with Gasteiger partial charge in [0.05, 0.1) is 12.0 Å². The quantitative estimate of drug-likeness (QED) is 0.534. The molecule has 0 N–H and O–H groups in total. The molecule has 0 bridgehead atoms. The van der Waals surface area contributed by atoms with Crippen LogP contribution in [0.3, 0.4) is 0 Å². The zero-order valence-corrected chi connectivity index (χ0v) is 20.0. The highest BCUT2D eigenvalue weighted by molar-refractivity contribution is 5.92. The Hall–Kier alpha value is -2.26. The number of benzene rings is 2. The number of rotatable bonds is 6. The molecule has 3 rings (SSSR count). The summed E-state index contributed by atoms with van der Waals surface area (Å²) >= 11 is 0. The first kappa shape index (κ1) is 27.7. The molecule has 166 valence electrons. The summed E-state index contributed by atoms with van der Waals surface area (Å²) in [4.78, 5) is 26.1. The van der Waals surface area contributed by atoms with Gasteiger partial charge >= 0.3 is 0 Å². The second-order valence-electron chi connectivity index (χ2n) is 6.51. The predicted octanol–water partition coefficient (Wildman–Crippen LogP) is 6.16. The van der Waals surface area contributed by atoms with Crippen LogP contribution in [0.5, 0.6) is 0 Å². The molecule has 0 radical (unpaired) electrons. The van der Waals surface area contributed by atoms with Crippen LogP contribution in [0.4, 0.5) is 0 Å². The predicted molar refractivity (Wildman–Crippen MR) is 129 cm³/mol. The molecule has 1 aliphatic heterocycles. The zero-order valence-electron chi connectivity index (χ0n) is 20.0. The van der Waals surface area contributed by atoms with E-state index in [1.165, 1.54) is 0 Å². The topological polar surface area (TPSA) is 37.4 Å². The second kappa shape index (κ2) is 15.6. The molecule has 1 heterocycles. The maximum absolute atomic E-state index is 13.0. The summed E-state index contributed by atoms with van der Waals surface area (Å²) in [6.07, 6.45) is 1.86. The number of ketones is 1. The first-order chi connectivity index (χ1) is 14.7. The van der Waals surface area contributed by atoms with Gasteiger partial charge in [-0.05, 0) is 36.9 Å². The summed E-state index contributed by atoms with van der Waals surface area (Å²) in [6.45, 7) is 15.8. The van der Waals surface area contributed by atoms with Crippen molar-refractivity contribution in [2.75, 3.05) is 19.6 Å². The minimum Gasteiger partial charge on any atom is -0.302 e. The van der Waals surface area contributed by atoms with Gasteiger partial charge < -0.3 is 4.79 Å². The molecule has 3 nitrogen and oxygen atoms in total. The zero-order chi connectivity index (χ0) is 23.0. The third-order valence-electron chi connectivity index (χ3n) is 5.23. The van der Waals surface area contributed by atoms with Crippen LogP contribution in [0.15, 0.2) is 60.7 Å². The third kappa shape index (κ3) is 6.37. The molecule has 3 heteroatoms. The van der Waals surface area contributed by atoms with E-state index in [-0.39, 0.29) is 11.7 Å². The molecular weight excluding hydrogens is 370 g/mol. The monoisotopic (exact) mass is 411 g/mol. The largest absolute Gasteiger partial charge is 0.302 e. The smallest absolute Gasteiger partial charge is 0.145 e. The highest BCUT2D eigenvalue weighted by Crippen LogP contribution is 2.44. The molecule has 2 aromatic rings. The van der Waals surface area contributed by atoms with Gasteiger partial charge in [0, 0.05) is 6.54 Å². The lowest BCUT2D eigenvalue weighted by atomic mass is 9.63. The van der Waals surface area contributed by atoms with Crippen molar-refractivity contribution in [1.82, 2.24) is 4.90 Å². The molecule has 0 aromatic heterocycles. The van der Waals surface area contributed by atoms with Crippen molar-refractivity contribution in [2.45, 2.75) is 60.3 Å². The fourth-order valence-corrected chi connectivity index (χ4v) is 4.19. The molecule has 0 amide bonds. The van der Waals surface area contributed by atoms with Gasteiger partial charge in [-0.15, -0.1) is 0 Å². The molecule has 0 aliphatic carbocycles. The van der Waals surface area contributed by atoms with E-state index in [1.807, 2.05) is 77.9 Å². The molecule has 2 aromatic carbocycles. The van der Waals surface area contributed by atoms with E-state index in [0.29, 0.717) is 6.54 Å². The average molecular weight is 412 g/mol. The number of hydrogen-bond acceptors (Lipinski definition) is 3. The van der Waals surface area contributed by atoms with Crippen molar-refractivity contribution in [3.8, 4) is 0 Å². The Morgan fingerprint density at radius 1 is 0.900 bits per heavy atom. The first-order valence-electron chi connectivity index (χ1n) is 11.5. The molecule has 0 saturated carbocycles. The van der Waals surface area contributed by atoms with Gasteiger partial charge in [-0.3, -0.25) is 9.69 Å². The molecule has 1 unspecified atom stereocenters. The fraction of sp³-hybridized carbons (Fsp3) is 0.481. The maximum Gasteiger partial charge on any atom is 0.145 e. The van der Waals surface area contributed by atoms with E-state index in [1.54, 1.807) is 6.92 Å². The normalized spacial score (nSPS) is 15.4. The minimum absolute atomic E-state index is 0.165. The summed E-state index contributed by atoms with van der Waals surface area (Å²) in [6, 6.07) is 20.1. The number of Topliss-reactive ketones (excluding diaryl/α,β-unsaturated/α-hetero) is 1. The van der Waals surface area contributed by atoms with Crippen LogP contribution in [0, 0.1) is 5.92 Å². The first-order valence-corrected chi connectivity index (χ1v) is 11.5. The highest BCUT2D eigenvalue weighted by Gasteiger charge is 2.48. The molecule has 1 saturated heterocycles. The minimum atomic E-state index is -0.653. The number of likely N-dealkylation sites (tertiary alicyclic amines) is 1. The second-order valence-corrected chi connectivity index (χ2v) is 6.51. The van der Waals surface area contributed by atoms with E-state index in [2.05, 4.69) is 29.2 Å². The summed E-state index contributed by atoms with van der Waals surface area (Å²) in [5.41, 5.74) is 1.43. The summed E-state index contributed by atoms with van der Waals surface area (Å²) in [7, 11) is 0. The van der Waals surface area contributed by atoms with Crippen molar-refractivity contribution < 1.29 is 9.59 Å². The van der Waals surface area contributed by atoms with Gasteiger partial charge in [0.2, 0.25) is 0 Å². The molecule has 1 atom stereocenters. The van der Waals surface area contributed by atoms with Crippen LogP contribution < -0.4 is 0 Å². The Labute approximate surface area is 184 Å². The van der Waals surface area contributed by atoms with Crippen LogP contribution in [0.25, 0.3) is 0 Å². The lowest BCUT2D eigenvalue weighted by molar-refractivity contribution is -0.122. The number of nitrogens with zero attached hydrogens (tertiary/aromatic N) is 1. The van der Waals surface area contributed by atoms with Gasteiger partial charge in [0.1, 0.15) is 12.1 Å². The van der Waals surface area contributed by atoms with Crippen LogP contribution >= 0.6 is 0 Å². The SMILES string of the molecule is CC.CC.CC.CC(=O)C(c1ccccc1)(c1ccccc1)C1CCN(CC=O)C1. The van der Waals surface area contributed by atoms with Gasteiger partial charge in [-0.1, -0.05) is 102 Å². The van der Waals surface area contributed by atoms with Gasteiger partial charge in [-0.2, -0.15) is 0 Å². The number of carbonyl (C=O) groups is 2. The summed E-state index contributed by atoms with van der Waals surface area (Å²) < 4.78 is 0. The van der Waals surface area contributed by atoms with Crippen LogP contribution in [-0.2, 0) is 15.0 Å². The molecule has 1 aliphatic rings. The fourth-order valence-electron chi connectivity index (χ4n) is 4.19. The van der Waals surface area contributed by atoms with Crippen molar-refractivity contribution in [2.24, 2.45) is 5.92 Å². The van der Waals surface area contributed by atoms with Crippen molar-refractivity contribution >= 4 is 12.1 Å². The van der Waals surface area contributed by atoms with E-state index >= 15 is 0 Å². The Morgan fingerprint density at radius 3 is 1.70 bits per heavy atom. The Morgan fingerprint density at radius 2 is 1.33 bits per heavy atom. The summed E-state index contributed by atoms with van der Waals surface area (Å²) in [5.74, 6) is 0.331. The standard InChI is InChI=1S/C21H23NO2.3C2H6/c1-17(24)21(18-8-4-2-5-9-18,19-10-6-3-7-11-19)20-12-13-22(16-20)14-15-23;3*1-2/h2-11,15,20H,12-14,16H2,1H3;3*1-2H3. The lowest BCUT2D eigenvalue weighted by Gasteiger charge is -2.38. The van der Waals surface area contributed by atoms with Crippen LogP contribution in [0.1, 0.15) is 66.0 Å². The number of aldehydes is 1. The summed E-state index contributed by atoms with van der Waals surface area (Å²) in [5, 5.41) is 0. The van der Waals surface area contributed by atoms with Crippen molar-refractivity contribution in [3.63, 3.8) is 0 Å². The number of carbonyl (C=O) groups excluding carboxylic acids is 2. The Balaban J connectivity index is 0.00000129. The Bertz CT molecular complexity index is 658. The average Bonchev–Trinajstić information content (AvgIpc) is 3.29. The Kier molecular flexibility index (Phi) is 14.4. The van der Waals surface area contributed by atoms with E-state index < -0.39 is 5.41 Å². The van der Waals surface area contributed by atoms with Crippen LogP contribution in [0.2, 0.25) is 0 Å². The van der Waals surface area contributed by atoms with E-state index in [4.69, 9.17) is 0 Å². The molecule has 1 fully saturated rings. The van der Waals surface area contributed by atoms with E-state index in [0.717, 1.165) is 36.9 Å². The third-order valence-corrected chi connectivity index (χ3v) is 5.23. The van der Waals surface area contributed by atoms with Gasteiger partial charge in [-0.25, -0.2) is 0 Å². The molecule has 30 heavy (non-hydrogen) atoms. The van der Waals surface area contributed by atoms with Crippen molar-refractivity contribution in [1.29, 1.82) is 0 Å². The highest BCUT2D eigenvalue weighted by atomic mass is 16.1. The van der Waals surface area contributed by atoms with E-state index in [9.17, 15) is 9.59 Å². The van der Waals surface area contributed by atoms with Crippen molar-refractivity contribution in [3.05, 3.63) is 71.8 Å². The molecular formula is C27H41NO2. The van der Waals surface area contributed by atoms with Gasteiger partial charge in [0.15, 0.2) is 0 Å². The maximum atomic E-state index is 13.0. The number of hydrogen-bond donors (Lipinski definition) is 0. The van der Waals surface area contributed by atoms with Crippen LogP contribution in [-0.4, -0.2) is 36.6 Å². The van der Waals surface area contributed by atoms with Gasteiger partial charge in [0.25, 0.3) is 0 Å². The lowest BCUT2D eigenvalue weighted by Crippen LogP contribution is -2.44. The molecule has 0 spiro atoms.